The van der Waals surface area contributed by atoms with E-state index < -0.39 is 0 Å². The van der Waals surface area contributed by atoms with Gasteiger partial charge in [-0.05, 0) is 24.7 Å². The zero-order valence-corrected chi connectivity index (χ0v) is 10.9. The second kappa shape index (κ2) is 5.44. The molecular weight excluding hydrogens is 258 g/mol. The highest BCUT2D eigenvalue weighted by Crippen LogP contribution is 2.28. The molecule has 1 amide bonds. The van der Waals surface area contributed by atoms with Gasteiger partial charge in [0.15, 0.2) is 5.13 Å². The lowest BCUT2D eigenvalue weighted by Crippen LogP contribution is -2.27. The Bertz CT molecular complexity index is 540. The van der Waals surface area contributed by atoms with E-state index in [2.05, 4.69) is 15.6 Å². The second-order valence-electron chi connectivity index (χ2n) is 3.46. The molecule has 1 aromatic heterocycles. The number of fused-ring (bicyclic) bond motifs is 1. The Morgan fingerprint density at radius 3 is 3.12 bits per heavy atom. The molecule has 0 spiro atoms. The molecule has 0 fully saturated rings. The van der Waals surface area contributed by atoms with Crippen LogP contribution in [0, 0.1) is 0 Å². The Hall–Kier alpha value is -1.17. The third-order valence-corrected chi connectivity index (χ3v) is 3.30. The molecule has 90 valence electrons. The monoisotopic (exact) mass is 269 g/mol. The summed E-state index contributed by atoms with van der Waals surface area (Å²) in [4.78, 5) is 15.8. The van der Waals surface area contributed by atoms with E-state index >= 15 is 0 Å². The van der Waals surface area contributed by atoms with Gasteiger partial charge in [0.2, 0.25) is 5.91 Å². The van der Waals surface area contributed by atoms with E-state index in [0.29, 0.717) is 16.7 Å². The van der Waals surface area contributed by atoms with Crippen LogP contribution >= 0.6 is 22.9 Å². The number of likely N-dealkylation sites (N-methyl/N-ethyl adjacent to an activating group) is 1. The van der Waals surface area contributed by atoms with Crippen molar-refractivity contribution in [2.24, 2.45) is 0 Å². The minimum atomic E-state index is -0.0861. The largest absolute Gasteiger partial charge is 0.309 e. The number of anilines is 1. The minimum absolute atomic E-state index is 0.0861. The highest BCUT2D eigenvalue weighted by Gasteiger charge is 2.07. The van der Waals surface area contributed by atoms with Crippen LogP contribution < -0.4 is 10.6 Å². The van der Waals surface area contributed by atoms with E-state index in [9.17, 15) is 4.79 Å². The molecule has 0 aliphatic heterocycles. The van der Waals surface area contributed by atoms with E-state index in [1.165, 1.54) is 11.3 Å². The Morgan fingerprint density at radius 2 is 2.35 bits per heavy atom. The fourth-order valence-electron chi connectivity index (χ4n) is 1.35. The topological polar surface area (TPSA) is 54.0 Å². The number of hydrogen-bond acceptors (Lipinski definition) is 4. The standard InChI is InChI=1S/C11H12ClN3OS/c1-2-13-6-10(16)15-11-14-8-4-3-7(12)5-9(8)17-11/h3-5,13H,2,6H2,1H3,(H,14,15,16). The molecule has 1 aromatic carbocycles. The number of hydrogen-bond donors (Lipinski definition) is 2. The zero-order valence-electron chi connectivity index (χ0n) is 9.29. The van der Waals surface area contributed by atoms with Gasteiger partial charge in [-0.2, -0.15) is 0 Å². The first-order valence-corrected chi connectivity index (χ1v) is 6.45. The van der Waals surface area contributed by atoms with Gasteiger partial charge in [-0.25, -0.2) is 4.98 Å². The van der Waals surface area contributed by atoms with Crippen LogP contribution in [-0.2, 0) is 4.79 Å². The van der Waals surface area contributed by atoms with Gasteiger partial charge >= 0.3 is 0 Å². The molecule has 0 bridgehead atoms. The summed E-state index contributed by atoms with van der Waals surface area (Å²) in [6.07, 6.45) is 0. The fourth-order valence-corrected chi connectivity index (χ4v) is 2.51. The van der Waals surface area contributed by atoms with E-state index in [0.717, 1.165) is 16.8 Å². The normalized spacial score (nSPS) is 10.7. The Morgan fingerprint density at radius 1 is 1.53 bits per heavy atom. The van der Waals surface area contributed by atoms with Gasteiger partial charge < -0.3 is 10.6 Å². The first-order chi connectivity index (χ1) is 8.19. The zero-order chi connectivity index (χ0) is 12.3. The summed E-state index contributed by atoms with van der Waals surface area (Å²) >= 11 is 7.30. The van der Waals surface area contributed by atoms with Crippen molar-refractivity contribution < 1.29 is 4.79 Å². The van der Waals surface area contributed by atoms with Crippen LogP contribution in [0.3, 0.4) is 0 Å². The van der Waals surface area contributed by atoms with Crippen LogP contribution in [0.4, 0.5) is 5.13 Å². The van der Waals surface area contributed by atoms with Gasteiger partial charge in [0, 0.05) is 5.02 Å². The second-order valence-corrected chi connectivity index (χ2v) is 4.93. The number of carbonyl (C=O) groups is 1. The van der Waals surface area contributed by atoms with E-state index in [4.69, 9.17) is 11.6 Å². The molecule has 2 N–H and O–H groups in total. The lowest BCUT2D eigenvalue weighted by Gasteiger charge is -2.00. The lowest BCUT2D eigenvalue weighted by molar-refractivity contribution is -0.115. The number of thiazole rings is 1. The van der Waals surface area contributed by atoms with Gasteiger partial charge in [-0.1, -0.05) is 29.9 Å². The maximum absolute atomic E-state index is 11.5. The summed E-state index contributed by atoms with van der Waals surface area (Å²) in [6, 6.07) is 5.47. The molecule has 0 atom stereocenters. The van der Waals surface area contributed by atoms with Crippen molar-refractivity contribution in [3.05, 3.63) is 23.2 Å². The Balaban J connectivity index is 2.11. The van der Waals surface area contributed by atoms with Crippen molar-refractivity contribution >= 4 is 44.2 Å². The molecule has 1 heterocycles. The molecule has 0 aliphatic carbocycles. The van der Waals surface area contributed by atoms with Gasteiger partial charge in [0.25, 0.3) is 0 Å². The quantitative estimate of drug-likeness (QED) is 0.897. The predicted octanol–water partition coefficient (Wildman–Crippen LogP) is 2.50. The molecular formula is C11H12ClN3OS. The maximum atomic E-state index is 11.5. The fraction of sp³-hybridized carbons (Fsp3) is 0.273. The number of aromatic nitrogens is 1. The predicted molar refractivity (Wildman–Crippen MR) is 71.8 cm³/mol. The summed E-state index contributed by atoms with van der Waals surface area (Å²) in [7, 11) is 0. The van der Waals surface area contributed by atoms with Crippen molar-refractivity contribution in [1.82, 2.24) is 10.3 Å². The van der Waals surface area contributed by atoms with Crippen LogP contribution in [0.25, 0.3) is 10.2 Å². The third kappa shape index (κ3) is 3.15. The summed E-state index contributed by atoms with van der Waals surface area (Å²) in [5.41, 5.74) is 0.846. The smallest absolute Gasteiger partial charge is 0.240 e. The molecule has 6 heteroatoms. The van der Waals surface area contributed by atoms with Crippen LogP contribution in [0.2, 0.25) is 5.02 Å². The van der Waals surface area contributed by atoms with Crippen molar-refractivity contribution in [3.63, 3.8) is 0 Å². The maximum Gasteiger partial charge on any atom is 0.240 e. The number of nitrogens with one attached hydrogen (secondary N) is 2. The molecule has 4 nitrogen and oxygen atoms in total. The average Bonchev–Trinajstić information content (AvgIpc) is 2.67. The highest BCUT2D eigenvalue weighted by molar-refractivity contribution is 7.22. The number of rotatable bonds is 4. The summed E-state index contributed by atoms with van der Waals surface area (Å²) in [5, 5.41) is 6.98. The number of nitrogens with zero attached hydrogens (tertiary/aromatic N) is 1. The molecule has 0 radical (unpaired) electrons. The molecule has 0 saturated heterocycles. The molecule has 17 heavy (non-hydrogen) atoms. The van der Waals surface area contributed by atoms with Gasteiger partial charge in [0.05, 0.1) is 16.8 Å². The van der Waals surface area contributed by atoms with E-state index in [1.807, 2.05) is 19.1 Å². The number of carbonyl (C=O) groups excluding carboxylic acids is 1. The molecule has 0 aliphatic rings. The number of benzene rings is 1. The summed E-state index contributed by atoms with van der Waals surface area (Å²) in [6.45, 7) is 3.02. The number of amides is 1. The third-order valence-electron chi connectivity index (χ3n) is 2.13. The molecule has 0 unspecified atom stereocenters. The van der Waals surface area contributed by atoms with Crippen LogP contribution in [0.5, 0.6) is 0 Å². The summed E-state index contributed by atoms with van der Waals surface area (Å²) < 4.78 is 0.969. The van der Waals surface area contributed by atoms with E-state index in [1.54, 1.807) is 6.07 Å². The summed E-state index contributed by atoms with van der Waals surface area (Å²) in [5.74, 6) is -0.0861. The van der Waals surface area contributed by atoms with Crippen molar-refractivity contribution in [3.8, 4) is 0 Å². The van der Waals surface area contributed by atoms with Gasteiger partial charge in [-0.15, -0.1) is 0 Å². The van der Waals surface area contributed by atoms with Crippen molar-refractivity contribution in [1.29, 1.82) is 0 Å². The van der Waals surface area contributed by atoms with Gasteiger partial charge in [0.1, 0.15) is 0 Å². The molecule has 2 rings (SSSR count). The lowest BCUT2D eigenvalue weighted by atomic mass is 10.3. The Labute approximate surface area is 108 Å². The number of halogens is 1. The van der Waals surface area contributed by atoms with Crippen molar-refractivity contribution in [2.45, 2.75) is 6.92 Å². The average molecular weight is 270 g/mol. The SMILES string of the molecule is CCNCC(=O)Nc1nc2ccc(Cl)cc2s1. The van der Waals surface area contributed by atoms with Gasteiger partial charge in [-0.3, -0.25) is 4.79 Å². The first-order valence-electron chi connectivity index (χ1n) is 5.25. The highest BCUT2D eigenvalue weighted by atomic mass is 35.5. The van der Waals surface area contributed by atoms with E-state index in [-0.39, 0.29) is 5.91 Å². The molecule has 0 saturated carbocycles. The minimum Gasteiger partial charge on any atom is -0.309 e. The first kappa shape index (κ1) is 12.3. The molecule has 2 aromatic rings. The Kier molecular flexibility index (Phi) is 3.93. The van der Waals surface area contributed by atoms with Crippen LogP contribution in [0.15, 0.2) is 18.2 Å². The van der Waals surface area contributed by atoms with Crippen LogP contribution in [-0.4, -0.2) is 24.0 Å². The van der Waals surface area contributed by atoms with Crippen molar-refractivity contribution in [2.75, 3.05) is 18.4 Å². The van der Waals surface area contributed by atoms with Crippen LogP contribution in [0.1, 0.15) is 6.92 Å².